The second kappa shape index (κ2) is 9.09. The lowest BCUT2D eigenvalue weighted by Gasteiger charge is -2.34. The molecule has 188 valence electrons. The molecule has 36 heavy (non-hydrogen) atoms. The van der Waals surface area contributed by atoms with E-state index in [1.165, 1.54) is 11.8 Å². The minimum absolute atomic E-state index is 0.0219. The van der Waals surface area contributed by atoms with Crippen LogP contribution in [0.2, 0.25) is 0 Å². The van der Waals surface area contributed by atoms with Crippen LogP contribution in [-0.4, -0.2) is 94.6 Å². The van der Waals surface area contributed by atoms with E-state index < -0.39 is 0 Å². The third-order valence-electron chi connectivity index (χ3n) is 7.80. The molecule has 1 N–H and O–H groups in total. The molecule has 10 nitrogen and oxygen atoms in total. The Labute approximate surface area is 211 Å². The SMILES string of the molecule is C=CC(=O)N1C[C@@H]2CN(c3nc(Nc4ccc(N5CCN(C)CC5)cc4)c4ncn(C)c4n3)C[C@@H]2C1. The molecule has 6 rings (SSSR count). The molecule has 0 aliphatic carbocycles. The van der Waals surface area contributed by atoms with Crippen molar-refractivity contribution in [1.82, 2.24) is 29.3 Å². The van der Waals surface area contributed by atoms with Gasteiger partial charge in [-0.2, -0.15) is 9.97 Å². The minimum atomic E-state index is 0.0219. The van der Waals surface area contributed by atoms with Crippen molar-refractivity contribution in [2.24, 2.45) is 18.9 Å². The average Bonchev–Trinajstić information content (AvgIpc) is 3.58. The quantitative estimate of drug-likeness (QED) is 0.547. The maximum absolute atomic E-state index is 12.0. The fourth-order valence-electron chi connectivity index (χ4n) is 5.65. The van der Waals surface area contributed by atoms with Gasteiger partial charge in [-0.05, 0) is 37.4 Å². The van der Waals surface area contributed by atoms with Gasteiger partial charge in [-0.15, -0.1) is 0 Å². The molecule has 0 bridgehead atoms. The van der Waals surface area contributed by atoms with Gasteiger partial charge in [0.15, 0.2) is 17.0 Å². The third-order valence-corrected chi connectivity index (χ3v) is 7.80. The van der Waals surface area contributed by atoms with Gasteiger partial charge in [-0.3, -0.25) is 4.79 Å². The third kappa shape index (κ3) is 4.15. The maximum atomic E-state index is 12.0. The Morgan fingerprint density at radius 3 is 2.33 bits per heavy atom. The Morgan fingerprint density at radius 2 is 1.67 bits per heavy atom. The number of fused-ring (bicyclic) bond motifs is 2. The average molecular weight is 488 g/mol. The number of imidazole rings is 1. The van der Waals surface area contributed by atoms with Crippen LogP contribution in [0.1, 0.15) is 0 Å². The molecule has 2 aromatic heterocycles. The van der Waals surface area contributed by atoms with Gasteiger partial charge in [-0.1, -0.05) is 6.58 Å². The van der Waals surface area contributed by atoms with Crippen molar-refractivity contribution in [3.05, 3.63) is 43.2 Å². The van der Waals surface area contributed by atoms with Crippen LogP contribution in [0.3, 0.4) is 0 Å². The Kier molecular flexibility index (Phi) is 5.75. The number of nitrogens with zero attached hydrogens (tertiary/aromatic N) is 8. The molecule has 0 saturated carbocycles. The first kappa shape index (κ1) is 22.8. The van der Waals surface area contributed by atoms with Crippen molar-refractivity contribution in [3.63, 3.8) is 0 Å². The van der Waals surface area contributed by atoms with E-state index in [9.17, 15) is 4.79 Å². The zero-order chi connectivity index (χ0) is 24.8. The van der Waals surface area contributed by atoms with Gasteiger partial charge in [0, 0.05) is 82.6 Å². The minimum Gasteiger partial charge on any atom is -0.369 e. The molecule has 5 heterocycles. The largest absolute Gasteiger partial charge is 0.369 e. The van der Waals surface area contributed by atoms with Gasteiger partial charge in [0.25, 0.3) is 0 Å². The molecule has 0 spiro atoms. The summed E-state index contributed by atoms with van der Waals surface area (Å²) in [6, 6.07) is 8.55. The van der Waals surface area contributed by atoms with Crippen LogP contribution in [0.25, 0.3) is 11.2 Å². The number of likely N-dealkylation sites (N-methyl/N-ethyl adjacent to an activating group) is 1. The van der Waals surface area contributed by atoms with E-state index in [1.807, 2.05) is 16.5 Å². The summed E-state index contributed by atoms with van der Waals surface area (Å²) in [4.78, 5) is 35.3. The molecule has 10 heteroatoms. The number of likely N-dealkylation sites (tertiary alicyclic amines) is 1. The molecule has 3 saturated heterocycles. The number of hydrogen-bond donors (Lipinski definition) is 1. The van der Waals surface area contributed by atoms with Crippen LogP contribution in [0.15, 0.2) is 43.2 Å². The van der Waals surface area contributed by atoms with Gasteiger partial charge in [0.1, 0.15) is 0 Å². The monoisotopic (exact) mass is 487 g/mol. The number of aromatic nitrogens is 4. The lowest BCUT2D eigenvalue weighted by Crippen LogP contribution is -2.44. The van der Waals surface area contributed by atoms with E-state index in [2.05, 4.69) is 62.9 Å². The number of rotatable bonds is 5. The van der Waals surface area contributed by atoms with Crippen LogP contribution in [-0.2, 0) is 11.8 Å². The second-order valence-electron chi connectivity index (χ2n) is 10.2. The van der Waals surface area contributed by atoms with Crippen LogP contribution in [0, 0.1) is 11.8 Å². The summed E-state index contributed by atoms with van der Waals surface area (Å²) >= 11 is 0. The first-order chi connectivity index (χ1) is 17.5. The zero-order valence-electron chi connectivity index (χ0n) is 21.0. The highest BCUT2D eigenvalue weighted by Gasteiger charge is 2.42. The van der Waals surface area contributed by atoms with Crippen molar-refractivity contribution in [3.8, 4) is 0 Å². The first-order valence-electron chi connectivity index (χ1n) is 12.6. The standard InChI is InChI=1S/C26H33N9O/c1-4-22(36)34-13-18-15-35(16-19(18)14-34)26-29-24(23-25(30-26)32(3)17-27-23)28-20-5-7-21(8-6-20)33-11-9-31(2)10-12-33/h4-8,17-19H,1,9-16H2,2-3H3,(H,28,29,30)/t18-,19+. The number of hydrogen-bond acceptors (Lipinski definition) is 8. The fourth-order valence-corrected chi connectivity index (χ4v) is 5.65. The van der Waals surface area contributed by atoms with Crippen molar-refractivity contribution in [1.29, 1.82) is 0 Å². The molecular formula is C26H33N9O. The number of amides is 1. The Morgan fingerprint density at radius 1 is 0.972 bits per heavy atom. The molecule has 3 fully saturated rings. The normalized spacial score (nSPS) is 22.3. The zero-order valence-corrected chi connectivity index (χ0v) is 21.0. The molecule has 0 unspecified atom stereocenters. The summed E-state index contributed by atoms with van der Waals surface area (Å²) in [6.45, 7) is 11.1. The Hall–Kier alpha value is -3.66. The molecule has 2 atom stereocenters. The van der Waals surface area contributed by atoms with Crippen molar-refractivity contribution in [2.75, 3.05) is 74.5 Å². The number of carbonyl (C=O) groups excluding carboxylic acids is 1. The summed E-state index contributed by atoms with van der Waals surface area (Å²) in [7, 11) is 4.13. The Bertz CT molecular complexity index is 1260. The summed E-state index contributed by atoms with van der Waals surface area (Å²) in [5.41, 5.74) is 3.78. The highest BCUT2D eigenvalue weighted by Crippen LogP contribution is 2.34. The molecule has 3 aromatic rings. The lowest BCUT2D eigenvalue weighted by molar-refractivity contribution is -0.125. The molecule has 3 aliphatic heterocycles. The summed E-state index contributed by atoms with van der Waals surface area (Å²) in [6.07, 6.45) is 3.19. The van der Waals surface area contributed by atoms with Crippen molar-refractivity contribution in [2.45, 2.75) is 0 Å². The van der Waals surface area contributed by atoms with Crippen LogP contribution in [0.5, 0.6) is 0 Å². The van der Waals surface area contributed by atoms with Gasteiger partial charge >= 0.3 is 0 Å². The predicted molar refractivity (Wildman–Crippen MR) is 142 cm³/mol. The molecule has 3 aliphatic rings. The summed E-state index contributed by atoms with van der Waals surface area (Å²) in [5.74, 6) is 2.30. The first-order valence-corrected chi connectivity index (χ1v) is 12.6. The van der Waals surface area contributed by atoms with Gasteiger partial charge in [-0.25, -0.2) is 4.98 Å². The lowest BCUT2D eigenvalue weighted by atomic mass is 10.0. The molecule has 1 aromatic carbocycles. The van der Waals surface area contributed by atoms with E-state index in [1.54, 1.807) is 6.33 Å². The number of aryl methyl sites for hydroxylation is 1. The van der Waals surface area contributed by atoms with E-state index in [0.29, 0.717) is 23.6 Å². The molecule has 0 radical (unpaired) electrons. The van der Waals surface area contributed by atoms with E-state index in [4.69, 9.17) is 9.97 Å². The topological polar surface area (TPSA) is 85.7 Å². The number of nitrogens with one attached hydrogen (secondary N) is 1. The molecular weight excluding hydrogens is 454 g/mol. The number of anilines is 4. The maximum Gasteiger partial charge on any atom is 0.245 e. The number of piperazine rings is 1. The van der Waals surface area contributed by atoms with E-state index in [-0.39, 0.29) is 5.91 Å². The highest BCUT2D eigenvalue weighted by atomic mass is 16.2. The van der Waals surface area contributed by atoms with Gasteiger partial charge in [0.05, 0.1) is 6.33 Å². The predicted octanol–water partition coefficient (Wildman–Crippen LogP) is 1.94. The van der Waals surface area contributed by atoms with Gasteiger partial charge in [0.2, 0.25) is 11.9 Å². The van der Waals surface area contributed by atoms with Crippen LogP contribution < -0.4 is 15.1 Å². The number of benzene rings is 1. The van der Waals surface area contributed by atoms with Crippen LogP contribution in [0.4, 0.5) is 23.1 Å². The van der Waals surface area contributed by atoms with Gasteiger partial charge < -0.3 is 29.5 Å². The number of carbonyl (C=O) groups is 1. The van der Waals surface area contributed by atoms with E-state index in [0.717, 1.165) is 69.2 Å². The Balaban J connectivity index is 1.21. The van der Waals surface area contributed by atoms with Crippen molar-refractivity contribution < 1.29 is 4.79 Å². The van der Waals surface area contributed by atoms with Crippen molar-refractivity contribution >= 4 is 40.2 Å². The highest BCUT2D eigenvalue weighted by molar-refractivity contribution is 5.88. The van der Waals surface area contributed by atoms with Crippen LogP contribution >= 0.6 is 0 Å². The fraction of sp³-hybridized carbons (Fsp3) is 0.462. The summed E-state index contributed by atoms with van der Waals surface area (Å²) < 4.78 is 1.93. The second-order valence-corrected chi connectivity index (χ2v) is 10.2. The summed E-state index contributed by atoms with van der Waals surface area (Å²) in [5, 5.41) is 3.50. The smallest absolute Gasteiger partial charge is 0.245 e. The molecule has 1 amide bonds. The van der Waals surface area contributed by atoms with E-state index >= 15 is 0 Å².